The highest BCUT2D eigenvalue weighted by Crippen LogP contribution is 2.18. The van der Waals surface area contributed by atoms with Gasteiger partial charge in [0.2, 0.25) is 5.91 Å². The number of aryl methyl sites for hydroxylation is 1. The van der Waals surface area contributed by atoms with Crippen LogP contribution in [0.3, 0.4) is 0 Å². The molecule has 0 radical (unpaired) electrons. The molecule has 0 aliphatic carbocycles. The first-order chi connectivity index (χ1) is 8.47. The van der Waals surface area contributed by atoms with Crippen LogP contribution in [0.1, 0.15) is 18.7 Å². The smallest absolute Gasteiger partial charge is 0.251 e. The van der Waals surface area contributed by atoms with Gasteiger partial charge in [-0.3, -0.25) is 14.5 Å². The van der Waals surface area contributed by atoms with E-state index in [-0.39, 0.29) is 11.8 Å². The standard InChI is InChI=1S/C11H13BrN4O2/c1-6-13-8(12)5-9(14-6)15-7-3-4-10(17)16(2)11(7)18/h5,7H,3-4H2,1-2H3,(H,13,14,15). The lowest BCUT2D eigenvalue weighted by molar-refractivity contribution is -0.146. The lowest BCUT2D eigenvalue weighted by Gasteiger charge is -2.28. The molecular formula is C11H13BrN4O2. The number of likely N-dealkylation sites (N-methyl/N-ethyl adjacent to an activating group) is 1. The quantitative estimate of drug-likeness (QED) is 0.654. The molecule has 6 nitrogen and oxygen atoms in total. The molecule has 1 N–H and O–H groups in total. The van der Waals surface area contributed by atoms with Crippen molar-refractivity contribution in [3.05, 3.63) is 16.5 Å². The fourth-order valence-electron chi connectivity index (χ4n) is 1.83. The summed E-state index contributed by atoms with van der Waals surface area (Å²) < 4.78 is 0.658. The summed E-state index contributed by atoms with van der Waals surface area (Å²) in [6.07, 6.45) is 0.855. The highest BCUT2D eigenvalue weighted by atomic mass is 79.9. The number of carbonyl (C=O) groups excluding carboxylic acids is 2. The number of imide groups is 1. The first-order valence-corrected chi connectivity index (χ1v) is 6.35. The van der Waals surface area contributed by atoms with Gasteiger partial charge in [0.25, 0.3) is 5.91 Å². The van der Waals surface area contributed by atoms with Gasteiger partial charge in [-0.25, -0.2) is 9.97 Å². The number of nitrogens with zero attached hydrogens (tertiary/aromatic N) is 3. The molecule has 2 heterocycles. The van der Waals surface area contributed by atoms with Gasteiger partial charge >= 0.3 is 0 Å². The van der Waals surface area contributed by atoms with Gasteiger partial charge in [0.05, 0.1) is 0 Å². The Balaban J connectivity index is 2.14. The Morgan fingerprint density at radius 2 is 2.17 bits per heavy atom. The van der Waals surface area contributed by atoms with Crippen LogP contribution in [0.15, 0.2) is 10.7 Å². The number of aromatic nitrogens is 2. The number of halogens is 1. The number of hydrogen-bond acceptors (Lipinski definition) is 5. The molecule has 2 rings (SSSR count). The topological polar surface area (TPSA) is 75.2 Å². The van der Waals surface area contributed by atoms with E-state index in [0.717, 1.165) is 4.90 Å². The molecule has 1 aromatic rings. The Labute approximate surface area is 113 Å². The van der Waals surface area contributed by atoms with Gasteiger partial charge in [-0.15, -0.1) is 0 Å². The Morgan fingerprint density at radius 3 is 2.83 bits per heavy atom. The largest absolute Gasteiger partial charge is 0.358 e. The van der Waals surface area contributed by atoms with Crippen LogP contribution in [0, 0.1) is 6.92 Å². The number of hydrogen-bond donors (Lipinski definition) is 1. The molecular weight excluding hydrogens is 300 g/mol. The summed E-state index contributed by atoms with van der Waals surface area (Å²) in [7, 11) is 1.50. The summed E-state index contributed by atoms with van der Waals surface area (Å²) in [5, 5.41) is 3.04. The van der Waals surface area contributed by atoms with E-state index in [9.17, 15) is 9.59 Å². The Bertz CT molecular complexity index is 486. The molecule has 1 aliphatic rings. The number of likely N-dealkylation sites (tertiary alicyclic amines) is 1. The van der Waals surface area contributed by atoms with Crippen LogP contribution in [0.2, 0.25) is 0 Å². The zero-order valence-corrected chi connectivity index (χ0v) is 11.7. The van der Waals surface area contributed by atoms with Gasteiger partial charge in [-0.05, 0) is 29.3 Å². The third kappa shape index (κ3) is 2.66. The number of piperidine rings is 1. The van der Waals surface area contributed by atoms with Gasteiger partial charge in [0.15, 0.2) is 0 Å². The van der Waals surface area contributed by atoms with E-state index in [0.29, 0.717) is 29.1 Å². The molecule has 1 saturated heterocycles. The number of nitrogens with one attached hydrogen (secondary N) is 1. The van der Waals surface area contributed by atoms with Crippen LogP contribution in [0.4, 0.5) is 5.82 Å². The molecule has 0 aromatic carbocycles. The highest BCUT2D eigenvalue weighted by Gasteiger charge is 2.31. The monoisotopic (exact) mass is 312 g/mol. The van der Waals surface area contributed by atoms with E-state index >= 15 is 0 Å². The average molecular weight is 313 g/mol. The van der Waals surface area contributed by atoms with Crippen LogP contribution in [0.5, 0.6) is 0 Å². The molecule has 0 saturated carbocycles. The predicted molar refractivity (Wildman–Crippen MR) is 68.9 cm³/mol. The van der Waals surface area contributed by atoms with Crippen molar-refractivity contribution >= 4 is 33.6 Å². The van der Waals surface area contributed by atoms with Crippen LogP contribution < -0.4 is 5.32 Å². The fraction of sp³-hybridized carbons (Fsp3) is 0.455. The summed E-state index contributed by atoms with van der Waals surface area (Å²) in [6, 6.07) is 1.30. The van der Waals surface area contributed by atoms with Crippen molar-refractivity contribution in [1.82, 2.24) is 14.9 Å². The second kappa shape index (κ2) is 5.01. The second-order valence-corrected chi connectivity index (χ2v) is 4.96. The summed E-state index contributed by atoms with van der Waals surface area (Å²) in [5.74, 6) is 0.826. The third-order valence-corrected chi connectivity index (χ3v) is 3.18. The molecule has 1 fully saturated rings. The molecule has 2 amide bonds. The minimum Gasteiger partial charge on any atom is -0.358 e. The van der Waals surface area contributed by atoms with Crippen molar-refractivity contribution in [2.24, 2.45) is 0 Å². The summed E-state index contributed by atoms with van der Waals surface area (Å²) in [6.45, 7) is 1.77. The summed E-state index contributed by atoms with van der Waals surface area (Å²) >= 11 is 3.27. The maximum Gasteiger partial charge on any atom is 0.251 e. The van der Waals surface area contributed by atoms with Gasteiger partial charge in [-0.1, -0.05) is 0 Å². The van der Waals surface area contributed by atoms with Gasteiger partial charge < -0.3 is 5.32 Å². The Kier molecular flexibility index (Phi) is 3.60. The minimum absolute atomic E-state index is 0.141. The number of amides is 2. The van der Waals surface area contributed by atoms with E-state index in [1.807, 2.05) is 0 Å². The zero-order valence-electron chi connectivity index (χ0n) is 10.1. The molecule has 1 aromatic heterocycles. The Morgan fingerprint density at radius 1 is 1.44 bits per heavy atom. The van der Waals surface area contributed by atoms with E-state index in [1.165, 1.54) is 7.05 Å². The molecule has 1 aliphatic heterocycles. The van der Waals surface area contributed by atoms with E-state index in [2.05, 4.69) is 31.2 Å². The van der Waals surface area contributed by atoms with Crippen molar-refractivity contribution in [1.29, 1.82) is 0 Å². The van der Waals surface area contributed by atoms with Gasteiger partial charge in [0, 0.05) is 19.5 Å². The number of rotatable bonds is 2. The van der Waals surface area contributed by atoms with Crippen LogP contribution >= 0.6 is 15.9 Å². The van der Waals surface area contributed by atoms with Crippen molar-refractivity contribution in [2.45, 2.75) is 25.8 Å². The molecule has 1 unspecified atom stereocenters. The first-order valence-electron chi connectivity index (χ1n) is 5.55. The summed E-state index contributed by atoms with van der Waals surface area (Å²) in [4.78, 5) is 32.7. The van der Waals surface area contributed by atoms with Crippen molar-refractivity contribution in [3.63, 3.8) is 0 Å². The summed E-state index contributed by atoms with van der Waals surface area (Å²) in [5.41, 5.74) is 0. The normalized spacial score (nSPS) is 20.2. The van der Waals surface area contributed by atoms with Crippen molar-refractivity contribution < 1.29 is 9.59 Å². The highest BCUT2D eigenvalue weighted by molar-refractivity contribution is 9.10. The number of anilines is 1. The van der Waals surface area contributed by atoms with Crippen LogP contribution in [-0.4, -0.2) is 39.8 Å². The second-order valence-electron chi connectivity index (χ2n) is 4.15. The van der Waals surface area contributed by atoms with E-state index in [4.69, 9.17) is 0 Å². The van der Waals surface area contributed by atoms with E-state index in [1.54, 1.807) is 13.0 Å². The van der Waals surface area contributed by atoms with Gasteiger partial charge in [0.1, 0.15) is 22.3 Å². The molecule has 18 heavy (non-hydrogen) atoms. The molecule has 1 atom stereocenters. The van der Waals surface area contributed by atoms with Crippen molar-refractivity contribution in [3.8, 4) is 0 Å². The SMILES string of the molecule is Cc1nc(Br)cc(NC2CCC(=O)N(C)C2=O)n1. The van der Waals surface area contributed by atoms with Crippen molar-refractivity contribution in [2.75, 3.05) is 12.4 Å². The fourth-order valence-corrected chi connectivity index (χ4v) is 2.31. The van der Waals surface area contributed by atoms with Crippen LogP contribution in [0.25, 0.3) is 0 Å². The molecule has 0 spiro atoms. The lowest BCUT2D eigenvalue weighted by Crippen LogP contribution is -2.48. The van der Waals surface area contributed by atoms with E-state index < -0.39 is 6.04 Å². The third-order valence-electron chi connectivity index (χ3n) is 2.78. The lowest BCUT2D eigenvalue weighted by atomic mass is 10.0. The maximum atomic E-state index is 11.9. The minimum atomic E-state index is -0.408. The first kappa shape index (κ1) is 12.9. The molecule has 7 heteroatoms. The molecule has 96 valence electrons. The van der Waals surface area contributed by atoms with Gasteiger partial charge in [-0.2, -0.15) is 0 Å². The zero-order chi connectivity index (χ0) is 13.3. The average Bonchev–Trinajstić information content (AvgIpc) is 2.29. The number of carbonyl (C=O) groups is 2. The van der Waals surface area contributed by atoms with Crippen LogP contribution in [-0.2, 0) is 9.59 Å². The maximum absolute atomic E-state index is 11.9. The Hall–Kier alpha value is -1.50. The molecule has 0 bridgehead atoms. The predicted octanol–water partition coefficient (Wildman–Crippen LogP) is 1.11.